The van der Waals surface area contributed by atoms with E-state index in [9.17, 15) is 17.2 Å². The van der Waals surface area contributed by atoms with Crippen LogP contribution < -0.4 is 5.14 Å². The molecule has 0 spiro atoms. The number of nitrogens with zero attached hydrogens (tertiary/aromatic N) is 2. The SMILES string of the molecule is NS(=O)(=O)c1cnc(F)nc1F. The monoisotopic (exact) mass is 195 g/mol. The van der Waals surface area contributed by atoms with Gasteiger partial charge in [0.15, 0.2) is 4.90 Å². The van der Waals surface area contributed by atoms with E-state index in [1.165, 1.54) is 0 Å². The zero-order valence-corrected chi connectivity index (χ0v) is 6.35. The zero-order valence-electron chi connectivity index (χ0n) is 5.53. The molecule has 0 aliphatic rings. The van der Waals surface area contributed by atoms with E-state index < -0.39 is 26.9 Å². The van der Waals surface area contributed by atoms with Crippen molar-refractivity contribution < 1.29 is 17.2 Å². The number of primary sulfonamides is 1. The van der Waals surface area contributed by atoms with Crippen molar-refractivity contribution in [2.24, 2.45) is 5.14 Å². The first-order valence-electron chi connectivity index (χ1n) is 2.62. The van der Waals surface area contributed by atoms with E-state index in [-0.39, 0.29) is 0 Å². The number of halogens is 2. The molecule has 0 bridgehead atoms. The van der Waals surface area contributed by atoms with Gasteiger partial charge >= 0.3 is 6.08 Å². The van der Waals surface area contributed by atoms with Crippen LogP contribution in [0.1, 0.15) is 0 Å². The Morgan fingerprint density at radius 2 is 2.00 bits per heavy atom. The molecule has 0 fully saturated rings. The second kappa shape index (κ2) is 2.72. The number of rotatable bonds is 1. The molecule has 0 saturated heterocycles. The molecule has 0 amide bonds. The molecule has 0 atom stereocenters. The second-order valence-corrected chi connectivity index (χ2v) is 3.37. The van der Waals surface area contributed by atoms with E-state index in [4.69, 9.17) is 0 Å². The van der Waals surface area contributed by atoms with Crippen LogP contribution in [0.5, 0.6) is 0 Å². The van der Waals surface area contributed by atoms with Crippen LogP contribution in [-0.4, -0.2) is 18.4 Å². The maximum Gasteiger partial charge on any atom is 0.311 e. The van der Waals surface area contributed by atoms with Crippen molar-refractivity contribution >= 4 is 10.0 Å². The maximum absolute atomic E-state index is 12.5. The van der Waals surface area contributed by atoms with E-state index >= 15 is 0 Å². The molecule has 1 aromatic rings. The first-order chi connectivity index (χ1) is 5.41. The summed E-state index contributed by atoms with van der Waals surface area (Å²) in [6.45, 7) is 0. The second-order valence-electron chi connectivity index (χ2n) is 1.84. The van der Waals surface area contributed by atoms with Crippen molar-refractivity contribution in [3.63, 3.8) is 0 Å². The lowest BCUT2D eigenvalue weighted by Crippen LogP contribution is -2.15. The van der Waals surface area contributed by atoms with Gasteiger partial charge in [-0.3, -0.25) is 0 Å². The van der Waals surface area contributed by atoms with Crippen LogP contribution in [0.15, 0.2) is 11.1 Å². The molecular formula is C4H3F2N3O2S. The highest BCUT2D eigenvalue weighted by Crippen LogP contribution is 2.07. The standard InChI is InChI=1S/C4H3F2N3O2S/c5-3-2(12(7,10)11)1-8-4(6)9-3/h1H,(H2,7,10,11). The molecule has 5 nitrogen and oxygen atoms in total. The fraction of sp³-hybridized carbons (Fsp3) is 0. The minimum Gasteiger partial charge on any atom is -0.224 e. The summed E-state index contributed by atoms with van der Waals surface area (Å²) in [5.41, 5.74) is 0. The normalized spacial score (nSPS) is 11.6. The molecule has 1 heterocycles. The number of nitrogens with two attached hydrogens (primary N) is 1. The predicted octanol–water partition coefficient (Wildman–Crippen LogP) is -0.598. The predicted molar refractivity (Wildman–Crippen MR) is 33.3 cm³/mol. The van der Waals surface area contributed by atoms with Gasteiger partial charge in [-0.25, -0.2) is 18.5 Å². The number of sulfonamides is 1. The van der Waals surface area contributed by atoms with Gasteiger partial charge in [-0.2, -0.15) is 13.8 Å². The third-order valence-electron chi connectivity index (χ3n) is 0.989. The van der Waals surface area contributed by atoms with E-state index in [0.29, 0.717) is 6.20 Å². The van der Waals surface area contributed by atoms with Crippen molar-refractivity contribution in [3.8, 4) is 0 Å². The first kappa shape index (κ1) is 8.94. The summed E-state index contributed by atoms with van der Waals surface area (Å²) in [6, 6.07) is 0. The average Bonchev–Trinajstić information content (AvgIpc) is 1.83. The highest BCUT2D eigenvalue weighted by Gasteiger charge is 2.16. The van der Waals surface area contributed by atoms with Crippen molar-refractivity contribution in [2.45, 2.75) is 4.90 Å². The van der Waals surface area contributed by atoms with Gasteiger partial charge < -0.3 is 0 Å². The summed E-state index contributed by atoms with van der Waals surface area (Å²) in [4.78, 5) is 4.44. The Kier molecular flexibility index (Phi) is 2.02. The van der Waals surface area contributed by atoms with Crippen molar-refractivity contribution in [1.29, 1.82) is 0 Å². The summed E-state index contributed by atoms with van der Waals surface area (Å²) in [7, 11) is -4.22. The first-order valence-corrected chi connectivity index (χ1v) is 4.17. The van der Waals surface area contributed by atoms with Gasteiger partial charge in [0.25, 0.3) is 0 Å². The van der Waals surface area contributed by atoms with Crippen LogP contribution in [0.4, 0.5) is 8.78 Å². The molecule has 0 aliphatic heterocycles. The molecule has 0 unspecified atom stereocenters. The van der Waals surface area contributed by atoms with Crippen LogP contribution in [0.25, 0.3) is 0 Å². The summed E-state index contributed by atoms with van der Waals surface area (Å²) in [6.07, 6.45) is -0.882. The van der Waals surface area contributed by atoms with Gasteiger partial charge in [-0.05, 0) is 0 Å². The highest BCUT2D eigenvalue weighted by molar-refractivity contribution is 7.89. The van der Waals surface area contributed by atoms with Crippen molar-refractivity contribution in [2.75, 3.05) is 0 Å². The molecule has 66 valence electrons. The maximum atomic E-state index is 12.5. The fourth-order valence-corrected chi connectivity index (χ4v) is 1.00. The quantitative estimate of drug-likeness (QED) is 0.479. The average molecular weight is 195 g/mol. The minimum absolute atomic E-state index is 0.465. The summed E-state index contributed by atoms with van der Waals surface area (Å²) >= 11 is 0. The molecular weight excluding hydrogens is 192 g/mol. The summed E-state index contributed by atoms with van der Waals surface area (Å²) in [5, 5.41) is 4.54. The molecule has 1 rings (SSSR count). The Morgan fingerprint density at radius 1 is 1.42 bits per heavy atom. The lowest BCUT2D eigenvalue weighted by Gasteiger charge is -1.96. The lowest BCUT2D eigenvalue weighted by molar-refractivity contribution is 0.461. The van der Waals surface area contributed by atoms with Crippen LogP contribution in [0.2, 0.25) is 0 Å². The molecule has 8 heteroatoms. The lowest BCUT2D eigenvalue weighted by atomic mass is 10.6. The van der Waals surface area contributed by atoms with Crippen LogP contribution in [0, 0.1) is 12.0 Å². The van der Waals surface area contributed by atoms with Gasteiger partial charge in [-0.1, -0.05) is 0 Å². The molecule has 1 aromatic heterocycles. The Balaban J connectivity index is 3.39. The van der Waals surface area contributed by atoms with Crippen molar-refractivity contribution in [1.82, 2.24) is 9.97 Å². The molecule has 0 saturated carbocycles. The van der Waals surface area contributed by atoms with E-state index in [1.54, 1.807) is 0 Å². The Morgan fingerprint density at radius 3 is 2.42 bits per heavy atom. The largest absolute Gasteiger partial charge is 0.311 e. The highest BCUT2D eigenvalue weighted by atomic mass is 32.2. The smallest absolute Gasteiger partial charge is 0.224 e. The van der Waals surface area contributed by atoms with Gasteiger partial charge in [0.2, 0.25) is 16.0 Å². The zero-order chi connectivity index (χ0) is 9.35. The van der Waals surface area contributed by atoms with E-state index in [1.807, 2.05) is 0 Å². The Bertz CT molecular complexity index is 405. The third-order valence-corrected chi connectivity index (χ3v) is 1.88. The molecule has 12 heavy (non-hydrogen) atoms. The van der Waals surface area contributed by atoms with E-state index in [0.717, 1.165) is 0 Å². The van der Waals surface area contributed by atoms with Gasteiger partial charge in [-0.15, -0.1) is 0 Å². The Hall–Kier alpha value is -1.15. The number of hydrogen-bond acceptors (Lipinski definition) is 4. The van der Waals surface area contributed by atoms with Gasteiger partial charge in [0, 0.05) is 0 Å². The molecule has 0 radical (unpaired) electrons. The number of aromatic nitrogens is 2. The third kappa shape index (κ3) is 1.71. The molecule has 0 aliphatic carbocycles. The van der Waals surface area contributed by atoms with Gasteiger partial charge in [0.05, 0.1) is 6.20 Å². The van der Waals surface area contributed by atoms with Crippen LogP contribution in [-0.2, 0) is 10.0 Å². The molecule has 2 N–H and O–H groups in total. The minimum atomic E-state index is -4.22. The number of hydrogen-bond donors (Lipinski definition) is 1. The van der Waals surface area contributed by atoms with Gasteiger partial charge in [0.1, 0.15) is 0 Å². The summed E-state index contributed by atoms with van der Waals surface area (Å²) < 4.78 is 45.5. The molecule has 0 aromatic carbocycles. The topological polar surface area (TPSA) is 85.9 Å². The van der Waals surface area contributed by atoms with E-state index in [2.05, 4.69) is 15.1 Å². The Labute approximate surface area is 66.3 Å². The van der Waals surface area contributed by atoms with Crippen LogP contribution >= 0.6 is 0 Å². The summed E-state index contributed by atoms with van der Waals surface area (Å²) in [5.74, 6) is -1.50. The van der Waals surface area contributed by atoms with Crippen LogP contribution in [0.3, 0.4) is 0 Å². The fourth-order valence-electron chi connectivity index (χ4n) is 0.521. The van der Waals surface area contributed by atoms with Crippen molar-refractivity contribution in [3.05, 3.63) is 18.2 Å².